The van der Waals surface area contributed by atoms with E-state index in [1.165, 1.54) is 0 Å². The lowest BCUT2D eigenvalue weighted by atomic mass is 9.69. The quantitative estimate of drug-likeness (QED) is 0.587. The Labute approximate surface area is 127 Å². The molecule has 0 atom stereocenters. The summed E-state index contributed by atoms with van der Waals surface area (Å²) in [4.78, 5) is 25.0. The molecule has 1 aliphatic heterocycles. The average Bonchev–Trinajstić information content (AvgIpc) is 2.92. The highest BCUT2D eigenvalue weighted by molar-refractivity contribution is 8.25. The van der Waals surface area contributed by atoms with Gasteiger partial charge in [-0.2, -0.15) is 0 Å². The van der Waals surface area contributed by atoms with E-state index < -0.39 is 0 Å². The van der Waals surface area contributed by atoms with Crippen molar-refractivity contribution in [3.8, 4) is 0 Å². The fraction of sp³-hybridized carbons (Fsp3) is 0.375. The van der Waals surface area contributed by atoms with E-state index in [4.69, 9.17) is 0 Å². The number of Topliss-reactive ketones (excluding diaryl/α,β-unsaturated/α-hetero) is 2. The van der Waals surface area contributed by atoms with Crippen molar-refractivity contribution in [2.75, 3.05) is 11.5 Å². The van der Waals surface area contributed by atoms with Gasteiger partial charge in [-0.15, -0.1) is 23.5 Å². The van der Waals surface area contributed by atoms with Crippen molar-refractivity contribution in [2.45, 2.75) is 25.2 Å². The molecule has 1 saturated heterocycles. The molecule has 3 rings (SSSR count). The Morgan fingerprint density at radius 1 is 0.950 bits per heavy atom. The Morgan fingerprint density at radius 2 is 1.50 bits per heavy atom. The lowest BCUT2D eigenvalue weighted by Crippen LogP contribution is -2.37. The molecule has 0 spiro atoms. The number of allylic oxidation sites excluding steroid dienone is 1. The van der Waals surface area contributed by atoms with Crippen LogP contribution in [0.5, 0.6) is 0 Å². The smallest absolute Gasteiger partial charge is 0.169 e. The molecule has 2 nitrogen and oxygen atoms in total. The number of benzene rings is 1. The van der Waals surface area contributed by atoms with Gasteiger partial charge in [-0.05, 0) is 5.56 Å². The summed E-state index contributed by atoms with van der Waals surface area (Å²) in [6, 6.07) is 9.91. The SMILES string of the molecule is CC1(c2ccccc2)CC(=O)C(=C2SCCS2)C(=O)C1. The summed E-state index contributed by atoms with van der Waals surface area (Å²) in [6.45, 7) is 2.02. The lowest BCUT2D eigenvalue weighted by Gasteiger charge is -2.33. The van der Waals surface area contributed by atoms with Gasteiger partial charge >= 0.3 is 0 Å². The third-order valence-electron chi connectivity index (χ3n) is 3.88. The molecule has 0 amide bonds. The van der Waals surface area contributed by atoms with E-state index in [1.807, 2.05) is 37.3 Å². The Bertz CT molecular complexity index is 562. The molecule has 1 aliphatic carbocycles. The topological polar surface area (TPSA) is 34.1 Å². The van der Waals surface area contributed by atoms with E-state index in [9.17, 15) is 9.59 Å². The minimum Gasteiger partial charge on any atom is -0.294 e. The van der Waals surface area contributed by atoms with Gasteiger partial charge < -0.3 is 0 Å². The van der Waals surface area contributed by atoms with Crippen LogP contribution in [0.4, 0.5) is 0 Å². The Morgan fingerprint density at radius 3 is 2.05 bits per heavy atom. The highest BCUT2D eigenvalue weighted by atomic mass is 32.2. The lowest BCUT2D eigenvalue weighted by molar-refractivity contribution is -0.125. The van der Waals surface area contributed by atoms with Crippen molar-refractivity contribution in [2.24, 2.45) is 0 Å². The molecule has 0 N–H and O–H groups in total. The first kappa shape index (κ1) is 14.0. The van der Waals surface area contributed by atoms with Crippen molar-refractivity contribution >= 4 is 35.1 Å². The molecule has 0 bridgehead atoms. The summed E-state index contributed by atoms with van der Waals surface area (Å²) in [5, 5.41) is 0. The number of ketones is 2. The molecule has 1 aromatic rings. The van der Waals surface area contributed by atoms with Gasteiger partial charge in [0.05, 0.1) is 9.81 Å². The molecule has 1 aromatic carbocycles. The maximum absolute atomic E-state index is 12.5. The third kappa shape index (κ3) is 2.47. The van der Waals surface area contributed by atoms with Gasteiger partial charge in [0, 0.05) is 29.8 Å². The summed E-state index contributed by atoms with van der Waals surface area (Å²) in [6.07, 6.45) is 0.866. The standard InChI is InChI=1S/C16H16O2S2/c1-16(11-5-3-2-4-6-11)9-12(17)14(13(18)10-16)15-19-7-8-20-15/h2-6H,7-10H2,1H3. The molecule has 20 heavy (non-hydrogen) atoms. The number of rotatable bonds is 1. The molecule has 0 radical (unpaired) electrons. The van der Waals surface area contributed by atoms with Crippen LogP contribution in [0.2, 0.25) is 0 Å². The highest BCUT2D eigenvalue weighted by Crippen LogP contribution is 2.44. The predicted octanol–water partition coefficient (Wildman–Crippen LogP) is 3.57. The Balaban J connectivity index is 1.94. The van der Waals surface area contributed by atoms with Crippen molar-refractivity contribution < 1.29 is 9.59 Å². The van der Waals surface area contributed by atoms with Gasteiger partial charge in [-0.25, -0.2) is 0 Å². The highest BCUT2D eigenvalue weighted by Gasteiger charge is 2.41. The minimum atomic E-state index is -0.354. The van der Waals surface area contributed by atoms with E-state index in [1.54, 1.807) is 23.5 Å². The molecular formula is C16H16O2S2. The maximum Gasteiger partial charge on any atom is 0.169 e. The first-order valence-corrected chi connectivity index (χ1v) is 8.69. The third-order valence-corrected chi connectivity index (χ3v) is 6.60. The van der Waals surface area contributed by atoms with Crippen LogP contribution in [0.3, 0.4) is 0 Å². The monoisotopic (exact) mass is 304 g/mol. The van der Waals surface area contributed by atoms with Crippen LogP contribution in [-0.2, 0) is 15.0 Å². The van der Waals surface area contributed by atoms with Crippen molar-refractivity contribution in [3.63, 3.8) is 0 Å². The first-order valence-electron chi connectivity index (χ1n) is 6.72. The predicted molar refractivity (Wildman–Crippen MR) is 85.0 cm³/mol. The molecule has 104 valence electrons. The largest absolute Gasteiger partial charge is 0.294 e. The molecule has 2 fully saturated rings. The van der Waals surface area contributed by atoms with Gasteiger partial charge in [0.2, 0.25) is 0 Å². The molecular weight excluding hydrogens is 288 g/mol. The van der Waals surface area contributed by atoms with E-state index >= 15 is 0 Å². The van der Waals surface area contributed by atoms with Crippen LogP contribution < -0.4 is 0 Å². The zero-order valence-electron chi connectivity index (χ0n) is 11.3. The number of hydrogen-bond donors (Lipinski definition) is 0. The molecule has 1 saturated carbocycles. The van der Waals surface area contributed by atoms with Crippen LogP contribution in [-0.4, -0.2) is 23.1 Å². The minimum absolute atomic E-state index is 0.0181. The van der Waals surface area contributed by atoms with Crippen molar-refractivity contribution in [3.05, 3.63) is 45.7 Å². The molecule has 1 heterocycles. The summed E-state index contributed by atoms with van der Waals surface area (Å²) in [5.41, 5.74) is 1.20. The number of hydrogen-bond acceptors (Lipinski definition) is 4. The Kier molecular flexibility index (Phi) is 3.78. The van der Waals surface area contributed by atoms with Gasteiger partial charge in [-0.1, -0.05) is 37.3 Å². The van der Waals surface area contributed by atoms with Gasteiger partial charge in [0.1, 0.15) is 0 Å². The number of carbonyl (C=O) groups excluding carboxylic acids is 2. The van der Waals surface area contributed by atoms with Crippen LogP contribution in [0.15, 0.2) is 40.1 Å². The van der Waals surface area contributed by atoms with E-state index in [0.717, 1.165) is 21.3 Å². The first-order chi connectivity index (χ1) is 9.60. The van der Waals surface area contributed by atoms with Crippen LogP contribution >= 0.6 is 23.5 Å². The van der Waals surface area contributed by atoms with Gasteiger partial charge in [0.15, 0.2) is 11.6 Å². The van der Waals surface area contributed by atoms with E-state index in [2.05, 4.69) is 0 Å². The summed E-state index contributed by atoms with van der Waals surface area (Å²) in [5.74, 6) is 2.04. The second-order valence-electron chi connectivity index (χ2n) is 5.49. The van der Waals surface area contributed by atoms with Crippen molar-refractivity contribution in [1.29, 1.82) is 0 Å². The second-order valence-corrected chi connectivity index (χ2v) is 7.95. The summed E-state index contributed by atoms with van der Waals surface area (Å²) in [7, 11) is 0. The van der Waals surface area contributed by atoms with Crippen LogP contribution in [0.1, 0.15) is 25.3 Å². The molecule has 0 unspecified atom stereocenters. The fourth-order valence-electron chi connectivity index (χ4n) is 2.83. The van der Waals surface area contributed by atoms with Gasteiger partial charge in [-0.3, -0.25) is 9.59 Å². The molecule has 4 heteroatoms. The van der Waals surface area contributed by atoms with Crippen LogP contribution in [0, 0.1) is 0 Å². The normalized spacial score (nSPS) is 27.2. The van der Waals surface area contributed by atoms with Gasteiger partial charge in [0.25, 0.3) is 0 Å². The maximum atomic E-state index is 12.5. The number of carbonyl (C=O) groups is 2. The van der Waals surface area contributed by atoms with E-state index in [-0.39, 0.29) is 17.0 Å². The second kappa shape index (κ2) is 5.41. The zero-order valence-corrected chi connectivity index (χ0v) is 13.0. The fourth-order valence-corrected chi connectivity index (χ4v) is 5.45. The van der Waals surface area contributed by atoms with Crippen LogP contribution in [0.25, 0.3) is 0 Å². The van der Waals surface area contributed by atoms with Crippen molar-refractivity contribution in [1.82, 2.24) is 0 Å². The summed E-state index contributed by atoms with van der Waals surface area (Å²) < 4.78 is 0.954. The zero-order chi connectivity index (χ0) is 14.2. The summed E-state index contributed by atoms with van der Waals surface area (Å²) >= 11 is 3.31. The molecule has 2 aliphatic rings. The van der Waals surface area contributed by atoms with E-state index in [0.29, 0.717) is 18.4 Å². The Hall–Kier alpha value is -1.00. The number of thioether (sulfide) groups is 2. The average molecular weight is 304 g/mol. The molecule has 0 aromatic heterocycles.